The van der Waals surface area contributed by atoms with Crippen LogP contribution in [0.25, 0.3) is 22.3 Å². The highest BCUT2D eigenvalue weighted by Crippen LogP contribution is 2.29. The van der Waals surface area contributed by atoms with Crippen LogP contribution in [0.15, 0.2) is 72.8 Å². The molecule has 0 aliphatic carbocycles. The highest BCUT2D eigenvalue weighted by Gasteiger charge is 2.16. The molecule has 0 radical (unpaired) electrons. The van der Waals surface area contributed by atoms with Gasteiger partial charge in [0.1, 0.15) is 0 Å². The summed E-state index contributed by atoms with van der Waals surface area (Å²) in [5.41, 5.74) is 4.24. The lowest BCUT2D eigenvalue weighted by Crippen LogP contribution is -2.00. The van der Waals surface area contributed by atoms with E-state index < -0.39 is 23.3 Å². The topological polar surface area (TPSA) is 0 Å². The molecule has 4 rings (SSSR count). The standard InChI is InChI=1S/C29H24F4/c1-3-20-14-16-24(28(32)26(20)30)22-11-6-19(7-12-22)8-13-23-15-17-25(29(33)27(23)31)21-9-4-18(2)5-10-21/h4-7,9-12,14-17H,3,8,13H2,1-2H3. The minimum absolute atomic E-state index is 0.205. The molecule has 168 valence electrons. The van der Waals surface area contributed by atoms with E-state index >= 15 is 0 Å². The SMILES string of the molecule is CCc1ccc(-c2ccc(CCc3ccc(-c4ccc(C)cc4)c(F)c3F)cc2)c(F)c1F. The maximum atomic E-state index is 14.7. The zero-order valence-electron chi connectivity index (χ0n) is 18.6. The first-order chi connectivity index (χ1) is 15.9. The third-order valence-corrected chi connectivity index (χ3v) is 6.02. The number of hydrogen-bond donors (Lipinski definition) is 0. The number of hydrogen-bond acceptors (Lipinski definition) is 0. The van der Waals surface area contributed by atoms with Gasteiger partial charge < -0.3 is 0 Å². The summed E-state index contributed by atoms with van der Waals surface area (Å²) in [6.45, 7) is 3.71. The number of aryl methyl sites for hydroxylation is 4. The van der Waals surface area contributed by atoms with Crippen molar-refractivity contribution in [2.75, 3.05) is 0 Å². The van der Waals surface area contributed by atoms with Crippen LogP contribution in [0.1, 0.15) is 29.2 Å². The Morgan fingerprint density at radius 1 is 0.515 bits per heavy atom. The number of rotatable bonds is 6. The summed E-state index contributed by atoms with van der Waals surface area (Å²) in [6, 6.07) is 20.7. The Hall–Kier alpha value is -3.40. The molecule has 0 N–H and O–H groups in total. The van der Waals surface area contributed by atoms with Gasteiger partial charge in [-0.3, -0.25) is 0 Å². The summed E-state index contributed by atoms with van der Waals surface area (Å²) in [5, 5.41) is 0. The molecule has 0 unspecified atom stereocenters. The first-order valence-electron chi connectivity index (χ1n) is 11.0. The molecule has 0 aromatic heterocycles. The van der Waals surface area contributed by atoms with Crippen LogP contribution in [0.5, 0.6) is 0 Å². The molecule has 0 bridgehead atoms. The largest absolute Gasteiger partial charge is 0.203 e. The molecule has 0 saturated heterocycles. The normalized spacial score (nSPS) is 11.1. The summed E-state index contributed by atoms with van der Waals surface area (Å²) >= 11 is 0. The molecular weight excluding hydrogens is 424 g/mol. The van der Waals surface area contributed by atoms with E-state index in [1.807, 2.05) is 19.1 Å². The van der Waals surface area contributed by atoms with Crippen LogP contribution in [0.2, 0.25) is 0 Å². The average Bonchev–Trinajstić information content (AvgIpc) is 2.83. The fraction of sp³-hybridized carbons (Fsp3) is 0.172. The summed E-state index contributed by atoms with van der Waals surface area (Å²) in [5.74, 6) is -3.35. The molecule has 33 heavy (non-hydrogen) atoms. The van der Waals surface area contributed by atoms with Crippen molar-refractivity contribution >= 4 is 0 Å². The van der Waals surface area contributed by atoms with Gasteiger partial charge in [-0.15, -0.1) is 0 Å². The molecule has 0 spiro atoms. The first-order valence-corrected chi connectivity index (χ1v) is 11.0. The van der Waals surface area contributed by atoms with Crippen molar-refractivity contribution in [3.63, 3.8) is 0 Å². The Morgan fingerprint density at radius 3 is 1.55 bits per heavy atom. The summed E-state index contributed by atoms with van der Waals surface area (Å²) in [6.07, 6.45) is 1.24. The van der Waals surface area contributed by atoms with E-state index in [2.05, 4.69) is 0 Å². The van der Waals surface area contributed by atoms with Gasteiger partial charge in [-0.1, -0.05) is 85.3 Å². The molecule has 4 aromatic carbocycles. The minimum Gasteiger partial charge on any atom is -0.203 e. The van der Waals surface area contributed by atoms with Gasteiger partial charge >= 0.3 is 0 Å². The van der Waals surface area contributed by atoms with Gasteiger partial charge in [0.15, 0.2) is 23.3 Å². The second-order valence-electron chi connectivity index (χ2n) is 8.22. The Balaban J connectivity index is 1.49. The molecule has 0 atom stereocenters. The highest BCUT2D eigenvalue weighted by molar-refractivity contribution is 5.66. The van der Waals surface area contributed by atoms with E-state index in [4.69, 9.17) is 0 Å². The minimum atomic E-state index is -0.853. The van der Waals surface area contributed by atoms with Crippen LogP contribution < -0.4 is 0 Å². The molecule has 0 amide bonds. The van der Waals surface area contributed by atoms with Crippen LogP contribution in [0.3, 0.4) is 0 Å². The molecule has 0 nitrogen and oxygen atoms in total. The van der Waals surface area contributed by atoms with Crippen molar-refractivity contribution in [1.82, 2.24) is 0 Å². The van der Waals surface area contributed by atoms with E-state index in [0.717, 1.165) is 11.1 Å². The van der Waals surface area contributed by atoms with Gasteiger partial charge in [0.25, 0.3) is 0 Å². The van der Waals surface area contributed by atoms with Crippen molar-refractivity contribution in [3.05, 3.63) is 118 Å². The number of benzene rings is 4. The summed E-state index contributed by atoms with van der Waals surface area (Å²) in [4.78, 5) is 0. The van der Waals surface area contributed by atoms with Gasteiger partial charge in [0.2, 0.25) is 0 Å². The third kappa shape index (κ3) is 4.70. The van der Waals surface area contributed by atoms with Crippen LogP contribution in [0, 0.1) is 30.2 Å². The predicted octanol–water partition coefficient (Wildman–Crippen LogP) is 8.23. The molecule has 0 aliphatic heterocycles. The van der Waals surface area contributed by atoms with Crippen molar-refractivity contribution in [3.8, 4) is 22.3 Å². The molecule has 4 aromatic rings. The van der Waals surface area contributed by atoms with Gasteiger partial charge in [0.05, 0.1) is 0 Å². The quantitative estimate of drug-likeness (QED) is 0.261. The highest BCUT2D eigenvalue weighted by atomic mass is 19.2. The molecule has 4 heteroatoms. The molecule has 0 heterocycles. The van der Waals surface area contributed by atoms with E-state index in [9.17, 15) is 17.6 Å². The van der Waals surface area contributed by atoms with E-state index in [-0.39, 0.29) is 11.1 Å². The lowest BCUT2D eigenvalue weighted by molar-refractivity contribution is 0.501. The van der Waals surface area contributed by atoms with Crippen LogP contribution in [-0.4, -0.2) is 0 Å². The lowest BCUT2D eigenvalue weighted by atomic mass is 9.97. The van der Waals surface area contributed by atoms with Crippen LogP contribution in [0.4, 0.5) is 17.6 Å². The average molecular weight is 449 g/mol. The predicted molar refractivity (Wildman–Crippen MR) is 125 cm³/mol. The summed E-state index contributed by atoms with van der Waals surface area (Å²) in [7, 11) is 0. The Morgan fingerprint density at radius 2 is 1.00 bits per heavy atom. The van der Waals surface area contributed by atoms with Crippen molar-refractivity contribution < 1.29 is 17.6 Å². The van der Waals surface area contributed by atoms with Gasteiger partial charge in [-0.25, -0.2) is 17.6 Å². The van der Waals surface area contributed by atoms with E-state index in [1.165, 1.54) is 0 Å². The van der Waals surface area contributed by atoms with E-state index in [1.54, 1.807) is 67.6 Å². The Kier molecular flexibility index (Phi) is 6.64. The first kappa shape index (κ1) is 22.8. The van der Waals surface area contributed by atoms with Crippen molar-refractivity contribution in [2.45, 2.75) is 33.1 Å². The lowest BCUT2D eigenvalue weighted by Gasteiger charge is -2.10. The number of halogens is 4. The molecule has 0 saturated carbocycles. The van der Waals surface area contributed by atoms with E-state index in [0.29, 0.717) is 41.5 Å². The Bertz CT molecular complexity index is 1270. The van der Waals surface area contributed by atoms with Gasteiger partial charge in [-0.2, -0.15) is 0 Å². The smallest absolute Gasteiger partial charge is 0.166 e. The van der Waals surface area contributed by atoms with Crippen LogP contribution >= 0.6 is 0 Å². The second-order valence-corrected chi connectivity index (χ2v) is 8.22. The van der Waals surface area contributed by atoms with Crippen LogP contribution in [-0.2, 0) is 19.3 Å². The maximum absolute atomic E-state index is 14.7. The fourth-order valence-corrected chi connectivity index (χ4v) is 3.95. The molecule has 0 fully saturated rings. The molecular formula is C29H24F4. The summed E-state index contributed by atoms with van der Waals surface area (Å²) < 4.78 is 57.9. The van der Waals surface area contributed by atoms with Gasteiger partial charge in [-0.05, 0) is 54.0 Å². The second kappa shape index (κ2) is 9.62. The Labute approximate surface area is 191 Å². The van der Waals surface area contributed by atoms with Crippen molar-refractivity contribution in [2.24, 2.45) is 0 Å². The molecule has 0 aliphatic rings. The third-order valence-electron chi connectivity index (χ3n) is 6.02. The fourth-order valence-electron chi connectivity index (χ4n) is 3.95. The van der Waals surface area contributed by atoms with Crippen molar-refractivity contribution in [1.29, 1.82) is 0 Å². The monoisotopic (exact) mass is 448 g/mol. The maximum Gasteiger partial charge on any atom is 0.166 e. The zero-order valence-corrected chi connectivity index (χ0v) is 18.6. The van der Waals surface area contributed by atoms with Gasteiger partial charge in [0, 0.05) is 11.1 Å². The zero-order chi connectivity index (χ0) is 23.5.